The number of aryl methyl sites for hydroxylation is 3. The molecule has 1 atom stereocenters. The van der Waals surface area contributed by atoms with Crippen molar-refractivity contribution < 1.29 is 9.47 Å². The predicted octanol–water partition coefficient (Wildman–Crippen LogP) is 5.25. The number of hydrogen-bond acceptors (Lipinski definition) is 3. The predicted molar refractivity (Wildman–Crippen MR) is 117 cm³/mol. The molecule has 0 spiro atoms. The van der Waals surface area contributed by atoms with Gasteiger partial charge in [-0.15, -0.1) is 0 Å². The Labute approximate surface area is 173 Å². The van der Waals surface area contributed by atoms with E-state index >= 15 is 0 Å². The monoisotopic (exact) mass is 390 g/mol. The van der Waals surface area contributed by atoms with Crippen molar-refractivity contribution in [2.24, 2.45) is 0 Å². The van der Waals surface area contributed by atoms with Crippen LogP contribution in [0.15, 0.2) is 36.4 Å². The molecular formula is C25H30N2O2. The zero-order chi connectivity index (χ0) is 20.0. The van der Waals surface area contributed by atoms with Gasteiger partial charge in [-0.2, -0.15) is 0 Å². The third-order valence-corrected chi connectivity index (χ3v) is 6.65. The third kappa shape index (κ3) is 3.20. The van der Waals surface area contributed by atoms with Crippen LogP contribution in [0.1, 0.15) is 47.7 Å². The molecule has 0 amide bonds. The first-order valence-electron chi connectivity index (χ1n) is 10.8. The fourth-order valence-corrected chi connectivity index (χ4v) is 5.38. The van der Waals surface area contributed by atoms with Crippen molar-refractivity contribution in [3.8, 4) is 11.5 Å². The van der Waals surface area contributed by atoms with E-state index in [1.165, 1.54) is 47.7 Å². The lowest BCUT2D eigenvalue weighted by atomic mass is 9.90. The Kier molecular flexibility index (Phi) is 4.75. The fraction of sp³-hybridized carbons (Fsp3) is 0.440. The van der Waals surface area contributed by atoms with Gasteiger partial charge in [0.15, 0.2) is 0 Å². The summed E-state index contributed by atoms with van der Waals surface area (Å²) in [4.78, 5) is 2.68. The average molecular weight is 391 g/mol. The summed E-state index contributed by atoms with van der Waals surface area (Å²) in [5, 5.41) is 1.48. The van der Waals surface area contributed by atoms with Gasteiger partial charge in [-0.1, -0.05) is 11.6 Å². The van der Waals surface area contributed by atoms with Gasteiger partial charge in [0.05, 0.1) is 20.3 Å². The number of ether oxygens (including phenoxy) is 2. The molecule has 0 fully saturated rings. The Hall–Kier alpha value is -2.46. The van der Waals surface area contributed by atoms with E-state index in [-0.39, 0.29) is 0 Å². The number of benzene rings is 2. The maximum absolute atomic E-state index is 5.50. The minimum atomic E-state index is 0.492. The van der Waals surface area contributed by atoms with Gasteiger partial charge in [0.2, 0.25) is 0 Å². The molecule has 1 unspecified atom stereocenters. The van der Waals surface area contributed by atoms with Gasteiger partial charge in [0.25, 0.3) is 0 Å². The number of nitrogens with zero attached hydrogens (tertiary/aromatic N) is 2. The highest BCUT2D eigenvalue weighted by atomic mass is 16.5. The second-order valence-corrected chi connectivity index (χ2v) is 8.49. The average Bonchev–Trinajstić information content (AvgIpc) is 2.93. The van der Waals surface area contributed by atoms with E-state index in [9.17, 15) is 0 Å². The molecule has 152 valence electrons. The van der Waals surface area contributed by atoms with E-state index in [0.29, 0.717) is 6.04 Å². The molecule has 29 heavy (non-hydrogen) atoms. The second-order valence-electron chi connectivity index (χ2n) is 8.49. The molecule has 1 aliphatic carbocycles. The second kappa shape index (κ2) is 7.42. The quantitative estimate of drug-likeness (QED) is 0.609. The zero-order valence-corrected chi connectivity index (χ0v) is 17.7. The van der Waals surface area contributed by atoms with Crippen molar-refractivity contribution in [3.63, 3.8) is 0 Å². The highest BCUT2D eigenvalue weighted by molar-refractivity contribution is 5.86. The molecule has 4 nitrogen and oxygen atoms in total. The summed E-state index contributed by atoms with van der Waals surface area (Å²) >= 11 is 0. The molecule has 5 rings (SSSR count). The molecule has 2 aliphatic rings. The van der Waals surface area contributed by atoms with Crippen LogP contribution in [0.3, 0.4) is 0 Å². The zero-order valence-electron chi connectivity index (χ0n) is 17.7. The number of fused-ring (bicyclic) bond motifs is 3. The molecule has 0 radical (unpaired) electrons. The summed E-state index contributed by atoms with van der Waals surface area (Å²) in [7, 11) is 3.44. The van der Waals surface area contributed by atoms with Crippen LogP contribution in [-0.4, -0.2) is 30.2 Å². The highest BCUT2D eigenvalue weighted by Crippen LogP contribution is 2.42. The van der Waals surface area contributed by atoms with Crippen molar-refractivity contribution in [2.45, 2.75) is 51.7 Å². The van der Waals surface area contributed by atoms with Crippen molar-refractivity contribution in [3.05, 3.63) is 58.8 Å². The van der Waals surface area contributed by atoms with Crippen LogP contribution in [0, 0.1) is 6.92 Å². The standard InChI is InChI=1S/C25H30N2O2/c1-17-8-9-23-22(12-17)21-6-4-7-24-25(21)27(23)11-5-10-26(24)16-18-13-19(28-2)15-20(14-18)29-3/h8-9,12-15,24H,4-7,10-11,16H2,1-3H3. The summed E-state index contributed by atoms with van der Waals surface area (Å²) < 4.78 is 13.6. The number of rotatable bonds is 4. The normalized spacial score (nSPS) is 19.1. The molecular weight excluding hydrogens is 360 g/mol. The first kappa shape index (κ1) is 18.6. The fourth-order valence-electron chi connectivity index (χ4n) is 5.38. The van der Waals surface area contributed by atoms with E-state index in [2.05, 4.69) is 46.7 Å². The van der Waals surface area contributed by atoms with Gasteiger partial charge in [-0.25, -0.2) is 0 Å². The third-order valence-electron chi connectivity index (χ3n) is 6.65. The summed E-state index contributed by atoms with van der Waals surface area (Å²) in [6, 6.07) is 13.7. The minimum Gasteiger partial charge on any atom is -0.497 e. The Balaban J connectivity index is 1.56. The first-order chi connectivity index (χ1) is 14.2. The molecule has 3 aromatic rings. The van der Waals surface area contributed by atoms with Crippen molar-refractivity contribution in [2.75, 3.05) is 20.8 Å². The molecule has 1 aromatic heterocycles. The molecule has 1 aliphatic heterocycles. The molecule has 0 bridgehead atoms. The largest absolute Gasteiger partial charge is 0.497 e. The van der Waals surface area contributed by atoms with Crippen LogP contribution < -0.4 is 9.47 Å². The number of hydrogen-bond donors (Lipinski definition) is 0. The van der Waals surface area contributed by atoms with Gasteiger partial charge in [-0.3, -0.25) is 4.90 Å². The van der Waals surface area contributed by atoms with E-state index in [1.54, 1.807) is 25.5 Å². The SMILES string of the molecule is COc1cc(CN2CCCn3c4c(c5cc(C)ccc53)CCCC42)cc(OC)c1. The van der Waals surface area contributed by atoms with Gasteiger partial charge >= 0.3 is 0 Å². The molecule has 0 N–H and O–H groups in total. The van der Waals surface area contributed by atoms with E-state index < -0.39 is 0 Å². The maximum atomic E-state index is 5.50. The van der Waals surface area contributed by atoms with Crippen molar-refractivity contribution in [1.29, 1.82) is 0 Å². The van der Waals surface area contributed by atoms with Crippen molar-refractivity contribution in [1.82, 2.24) is 9.47 Å². The Bertz CT molecular complexity index is 1030. The highest BCUT2D eigenvalue weighted by Gasteiger charge is 2.33. The van der Waals surface area contributed by atoms with Crippen LogP contribution in [0.4, 0.5) is 0 Å². The summed E-state index contributed by atoms with van der Waals surface area (Å²) in [5.41, 5.74) is 7.21. The lowest BCUT2D eigenvalue weighted by Gasteiger charge is -2.34. The van der Waals surface area contributed by atoms with Gasteiger partial charge in [-0.05, 0) is 68.0 Å². The van der Waals surface area contributed by atoms with Crippen molar-refractivity contribution >= 4 is 10.9 Å². The number of aromatic nitrogens is 1. The first-order valence-corrected chi connectivity index (χ1v) is 10.8. The van der Waals surface area contributed by atoms with E-state index in [4.69, 9.17) is 9.47 Å². The number of methoxy groups -OCH3 is 2. The van der Waals surface area contributed by atoms with Gasteiger partial charge < -0.3 is 14.0 Å². The molecule has 0 saturated carbocycles. The molecule has 2 heterocycles. The van der Waals surface area contributed by atoms with E-state index in [1.807, 2.05) is 6.07 Å². The van der Waals surface area contributed by atoms with Crippen LogP contribution in [0.2, 0.25) is 0 Å². The lowest BCUT2D eigenvalue weighted by molar-refractivity contribution is 0.173. The lowest BCUT2D eigenvalue weighted by Crippen LogP contribution is -2.31. The Morgan fingerprint density at radius 3 is 2.52 bits per heavy atom. The topological polar surface area (TPSA) is 26.6 Å². The molecule has 4 heteroatoms. The van der Waals surface area contributed by atoms with Crippen LogP contribution in [-0.2, 0) is 19.5 Å². The summed E-state index contributed by atoms with van der Waals surface area (Å²) in [6.45, 7) is 5.37. The Morgan fingerprint density at radius 1 is 0.966 bits per heavy atom. The van der Waals surface area contributed by atoms with Crippen LogP contribution in [0.25, 0.3) is 10.9 Å². The molecule has 2 aromatic carbocycles. The van der Waals surface area contributed by atoms with Gasteiger partial charge in [0, 0.05) is 42.3 Å². The summed E-state index contributed by atoms with van der Waals surface area (Å²) in [5.74, 6) is 1.73. The Morgan fingerprint density at radius 2 is 1.76 bits per heavy atom. The molecule has 0 saturated heterocycles. The maximum Gasteiger partial charge on any atom is 0.122 e. The smallest absolute Gasteiger partial charge is 0.122 e. The van der Waals surface area contributed by atoms with Crippen LogP contribution >= 0.6 is 0 Å². The van der Waals surface area contributed by atoms with Gasteiger partial charge in [0.1, 0.15) is 11.5 Å². The van der Waals surface area contributed by atoms with E-state index in [0.717, 1.165) is 31.1 Å². The van der Waals surface area contributed by atoms with Crippen LogP contribution in [0.5, 0.6) is 11.5 Å². The summed E-state index contributed by atoms with van der Waals surface area (Å²) in [6.07, 6.45) is 4.90. The minimum absolute atomic E-state index is 0.492.